The van der Waals surface area contributed by atoms with E-state index in [1.807, 2.05) is 7.05 Å². The van der Waals surface area contributed by atoms with Gasteiger partial charge >= 0.3 is 5.97 Å². The van der Waals surface area contributed by atoms with Crippen LogP contribution in [0.15, 0.2) is 6.33 Å². The van der Waals surface area contributed by atoms with Crippen LogP contribution in [0.5, 0.6) is 0 Å². The van der Waals surface area contributed by atoms with Crippen molar-refractivity contribution in [1.29, 1.82) is 0 Å². The molecule has 0 atom stereocenters. The average molecular weight is 267 g/mol. The molecule has 0 aliphatic heterocycles. The zero-order chi connectivity index (χ0) is 13.1. The number of aromatic carboxylic acids is 1. The summed E-state index contributed by atoms with van der Waals surface area (Å²) in [5.74, 6) is -0.193. The lowest BCUT2D eigenvalue weighted by Gasteiger charge is -1.98. The van der Waals surface area contributed by atoms with Crippen LogP contribution in [0.4, 0.5) is 5.13 Å². The Kier molecular flexibility index (Phi) is 3.56. The molecule has 0 aliphatic rings. The van der Waals surface area contributed by atoms with Gasteiger partial charge in [-0.05, 0) is 6.92 Å². The third-order valence-electron chi connectivity index (χ3n) is 2.26. The maximum absolute atomic E-state index is 10.9. The maximum atomic E-state index is 10.9. The molecule has 0 spiro atoms. The largest absolute Gasteiger partial charge is 0.477 e. The molecule has 0 aliphatic carbocycles. The first kappa shape index (κ1) is 12.5. The first-order chi connectivity index (χ1) is 8.56. The van der Waals surface area contributed by atoms with Gasteiger partial charge in [-0.2, -0.15) is 5.10 Å². The zero-order valence-corrected chi connectivity index (χ0v) is 10.9. The normalized spacial score (nSPS) is 10.6. The van der Waals surface area contributed by atoms with E-state index in [1.54, 1.807) is 17.9 Å². The van der Waals surface area contributed by atoms with Gasteiger partial charge in [-0.3, -0.25) is 4.68 Å². The summed E-state index contributed by atoms with van der Waals surface area (Å²) in [5, 5.41) is 16.7. The topological polar surface area (TPSA) is 92.9 Å². The molecule has 96 valence electrons. The molecule has 0 saturated carbocycles. The number of nitrogens with one attached hydrogen (secondary N) is 1. The quantitative estimate of drug-likeness (QED) is 0.837. The summed E-state index contributed by atoms with van der Waals surface area (Å²) in [6.45, 7) is 2.31. The number of carboxylic acids is 1. The summed E-state index contributed by atoms with van der Waals surface area (Å²) >= 11 is 1.14. The molecule has 2 N–H and O–H groups in total. The molecule has 0 saturated heterocycles. The molecule has 0 radical (unpaired) electrons. The molecule has 0 aromatic carbocycles. The van der Waals surface area contributed by atoms with Crippen molar-refractivity contribution < 1.29 is 9.90 Å². The molecule has 2 rings (SSSR count). The highest BCUT2D eigenvalue weighted by atomic mass is 32.1. The Hall–Kier alpha value is -1.96. The fraction of sp³-hybridized carbons (Fsp3) is 0.400. The minimum absolute atomic E-state index is 0.272. The molecule has 7 nitrogen and oxygen atoms in total. The lowest BCUT2D eigenvalue weighted by Crippen LogP contribution is -2.06. The van der Waals surface area contributed by atoms with Crippen molar-refractivity contribution in [2.75, 3.05) is 11.9 Å². The van der Waals surface area contributed by atoms with Crippen LogP contribution in [0, 0.1) is 6.92 Å². The van der Waals surface area contributed by atoms with E-state index in [1.165, 1.54) is 0 Å². The Morgan fingerprint density at radius 1 is 1.61 bits per heavy atom. The Labute approximate surface area is 108 Å². The van der Waals surface area contributed by atoms with Crippen LogP contribution in [-0.2, 0) is 13.5 Å². The molecular weight excluding hydrogens is 254 g/mol. The predicted molar refractivity (Wildman–Crippen MR) is 67.0 cm³/mol. The molecular formula is C10H13N5O2S. The van der Waals surface area contributed by atoms with Gasteiger partial charge in [0.15, 0.2) is 11.0 Å². The number of hydrogen-bond acceptors (Lipinski definition) is 6. The van der Waals surface area contributed by atoms with Gasteiger partial charge in [0.1, 0.15) is 11.2 Å². The highest BCUT2D eigenvalue weighted by Gasteiger charge is 2.13. The van der Waals surface area contributed by atoms with Gasteiger partial charge in [0, 0.05) is 20.0 Å². The van der Waals surface area contributed by atoms with Crippen molar-refractivity contribution in [3.8, 4) is 0 Å². The number of nitrogens with zero attached hydrogens (tertiary/aromatic N) is 4. The fourth-order valence-electron chi connectivity index (χ4n) is 1.45. The van der Waals surface area contributed by atoms with Crippen LogP contribution in [0.25, 0.3) is 0 Å². The maximum Gasteiger partial charge on any atom is 0.347 e. The molecule has 0 fully saturated rings. The SMILES string of the molecule is Cc1nc(NCCc2ncn(C)n2)sc1C(=O)O. The van der Waals surface area contributed by atoms with Gasteiger partial charge in [-0.1, -0.05) is 11.3 Å². The molecule has 2 heterocycles. The van der Waals surface area contributed by atoms with Crippen molar-refractivity contribution in [3.05, 3.63) is 22.7 Å². The molecule has 18 heavy (non-hydrogen) atoms. The lowest BCUT2D eigenvalue weighted by atomic mass is 10.4. The highest BCUT2D eigenvalue weighted by Crippen LogP contribution is 2.22. The first-order valence-electron chi connectivity index (χ1n) is 5.35. The number of rotatable bonds is 5. The van der Waals surface area contributed by atoms with E-state index in [4.69, 9.17) is 5.11 Å². The Bertz CT molecular complexity index is 562. The number of hydrogen-bond donors (Lipinski definition) is 2. The molecule has 2 aromatic heterocycles. The van der Waals surface area contributed by atoms with E-state index in [2.05, 4.69) is 20.4 Å². The number of carboxylic acid groups (broad SMARTS) is 1. The molecule has 0 unspecified atom stereocenters. The van der Waals surface area contributed by atoms with Crippen LogP contribution in [0.1, 0.15) is 21.2 Å². The molecule has 8 heteroatoms. The van der Waals surface area contributed by atoms with E-state index in [0.717, 1.165) is 17.2 Å². The summed E-state index contributed by atoms with van der Waals surface area (Å²) in [7, 11) is 1.81. The molecule has 2 aromatic rings. The molecule has 0 amide bonds. The summed E-state index contributed by atoms with van der Waals surface area (Å²) < 4.78 is 1.64. The zero-order valence-electron chi connectivity index (χ0n) is 10.0. The number of thiazole rings is 1. The van der Waals surface area contributed by atoms with Crippen LogP contribution in [-0.4, -0.2) is 37.4 Å². The van der Waals surface area contributed by atoms with Crippen LogP contribution >= 0.6 is 11.3 Å². The van der Waals surface area contributed by atoms with E-state index in [9.17, 15) is 4.79 Å². The van der Waals surface area contributed by atoms with Crippen molar-refractivity contribution in [1.82, 2.24) is 19.7 Å². The van der Waals surface area contributed by atoms with Gasteiger partial charge in [0.25, 0.3) is 0 Å². The van der Waals surface area contributed by atoms with Gasteiger partial charge in [0.05, 0.1) is 5.69 Å². The van der Waals surface area contributed by atoms with Gasteiger partial charge in [0.2, 0.25) is 0 Å². The highest BCUT2D eigenvalue weighted by molar-refractivity contribution is 7.17. The second-order valence-electron chi connectivity index (χ2n) is 3.75. The Morgan fingerprint density at radius 3 is 2.94 bits per heavy atom. The van der Waals surface area contributed by atoms with Crippen molar-refractivity contribution in [2.24, 2.45) is 7.05 Å². The van der Waals surface area contributed by atoms with Gasteiger partial charge < -0.3 is 10.4 Å². The number of aromatic nitrogens is 4. The predicted octanol–water partition coefficient (Wildman–Crippen LogP) is 0.933. The second kappa shape index (κ2) is 5.13. The Balaban J connectivity index is 1.90. The average Bonchev–Trinajstić information content (AvgIpc) is 2.85. The van der Waals surface area contributed by atoms with Gasteiger partial charge in [-0.15, -0.1) is 0 Å². The van der Waals surface area contributed by atoms with Gasteiger partial charge in [-0.25, -0.2) is 14.8 Å². The standard InChI is InChI=1S/C10H13N5O2S/c1-6-8(9(16)17)18-10(13-6)11-4-3-7-12-5-15(2)14-7/h5H,3-4H2,1-2H3,(H,11,13)(H,16,17). The summed E-state index contributed by atoms with van der Waals surface area (Å²) in [6, 6.07) is 0. The van der Waals surface area contributed by atoms with Crippen molar-refractivity contribution in [3.63, 3.8) is 0 Å². The molecule has 0 bridgehead atoms. The van der Waals surface area contributed by atoms with Crippen LogP contribution in [0.2, 0.25) is 0 Å². The third kappa shape index (κ3) is 2.83. The minimum atomic E-state index is -0.940. The van der Waals surface area contributed by atoms with Crippen molar-refractivity contribution in [2.45, 2.75) is 13.3 Å². The number of aryl methyl sites for hydroxylation is 2. The number of anilines is 1. The van der Waals surface area contributed by atoms with E-state index in [0.29, 0.717) is 23.8 Å². The summed E-state index contributed by atoms with van der Waals surface area (Å²) in [5.41, 5.74) is 0.533. The minimum Gasteiger partial charge on any atom is -0.477 e. The summed E-state index contributed by atoms with van der Waals surface area (Å²) in [4.78, 5) is 19.4. The van der Waals surface area contributed by atoms with E-state index in [-0.39, 0.29) is 4.88 Å². The smallest absolute Gasteiger partial charge is 0.347 e. The van der Waals surface area contributed by atoms with Crippen LogP contribution < -0.4 is 5.32 Å². The number of carbonyl (C=O) groups is 1. The van der Waals surface area contributed by atoms with Crippen LogP contribution in [0.3, 0.4) is 0 Å². The third-order valence-corrected chi connectivity index (χ3v) is 3.37. The summed E-state index contributed by atoms with van der Waals surface area (Å²) in [6.07, 6.45) is 2.31. The fourth-order valence-corrected chi connectivity index (χ4v) is 2.28. The Morgan fingerprint density at radius 2 is 2.39 bits per heavy atom. The monoisotopic (exact) mass is 267 g/mol. The first-order valence-corrected chi connectivity index (χ1v) is 6.17. The second-order valence-corrected chi connectivity index (χ2v) is 4.75. The van der Waals surface area contributed by atoms with E-state index < -0.39 is 5.97 Å². The van der Waals surface area contributed by atoms with E-state index >= 15 is 0 Å². The lowest BCUT2D eigenvalue weighted by molar-refractivity contribution is 0.0701. The van der Waals surface area contributed by atoms with Crippen molar-refractivity contribution >= 4 is 22.4 Å².